The lowest BCUT2D eigenvalue weighted by Crippen LogP contribution is -2.13. The first-order chi connectivity index (χ1) is 9.92. The van der Waals surface area contributed by atoms with Crippen molar-refractivity contribution in [2.75, 3.05) is 18.2 Å². The lowest BCUT2D eigenvalue weighted by atomic mass is 10.1. The molecule has 21 heavy (non-hydrogen) atoms. The van der Waals surface area contributed by atoms with Gasteiger partial charge in [0.2, 0.25) is 0 Å². The fourth-order valence-corrected chi connectivity index (χ4v) is 2.44. The van der Waals surface area contributed by atoms with Crippen molar-refractivity contribution in [1.29, 1.82) is 0 Å². The molecule has 0 radical (unpaired) electrons. The molecule has 0 aromatic heterocycles. The Morgan fingerprint density at radius 1 is 1.38 bits per heavy atom. The summed E-state index contributed by atoms with van der Waals surface area (Å²) in [5, 5.41) is 3.02. The number of benzene rings is 2. The Kier molecular flexibility index (Phi) is 4.69. The van der Waals surface area contributed by atoms with Crippen LogP contribution in [-0.2, 0) is 0 Å². The number of nitrogen functional groups attached to an aromatic ring is 1. The summed E-state index contributed by atoms with van der Waals surface area (Å²) in [7, 11) is 1.50. The van der Waals surface area contributed by atoms with Crippen molar-refractivity contribution in [3.8, 4) is 5.75 Å². The average Bonchev–Trinajstić information content (AvgIpc) is 2.43. The number of halogens is 3. The third-order valence-electron chi connectivity index (χ3n) is 2.74. The number of nitrogens with one attached hydrogen (secondary N) is 1. The van der Waals surface area contributed by atoms with E-state index in [0.29, 0.717) is 20.9 Å². The van der Waals surface area contributed by atoms with E-state index >= 15 is 0 Å². The number of anilines is 2. The Bertz CT molecular complexity index is 710. The number of hydrogen-bond donors (Lipinski definition) is 2. The second-order valence-corrected chi connectivity index (χ2v) is 5.42. The maximum Gasteiger partial charge on any atom is 0.256 e. The van der Waals surface area contributed by atoms with E-state index in [-0.39, 0.29) is 11.3 Å². The van der Waals surface area contributed by atoms with Crippen molar-refractivity contribution >= 4 is 44.8 Å². The second kappa shape index (κ2) is 6.32. The number of carbonyl (C=O) groups excluding carboxylic acids is 1. The van der Waals surface area contributed by atoms with Crippen LogP contribution in [0.3, 0.4) is 0 Å². The molecule has 110 valence electrons. The topological polar surface area (TPSA) is 64.3 Å². The highest BCUT2D eigenvalue weighted by molar-refractivity contribution is 9.10. The third kappa shape index (κ3) is 3.46. The van der Waals surface area contributed by atoms with Crippen molar-refractivity contribution < 1.29 is 13.9 Å². The molecule has 0 saturated heterocycles. The minimum absolute atomic E-state index is 0.101. The predicted octanol–water partition coefficient (Wildman–Crippen LogP) is 4.08. The minimum atomic E-state index is -0.592. The standard InChI is InChI=1S/C14H11BrClFN2O2/c1-21-13-3-2-7(4-10(13)16)19-14(20)8-5-12(18)11(17)6-9(8)15/h2-6H,18H2,1H3,(H,19,20). The number of methoxy groups -OCH3 is 1. The van der Waals surface area contributed by atoms with Crippen molar-refractivity contribution in [1.82, 2.24) is 0 Å². The third-order valence-corrected chi connectivity index (χ3v) is 3.69. The SMILES string of the molecule is COc1ccc(NC(=O)c2cc(N)c(F)cc2Br)cc1Cl. The summed E-state index contributed by atoms with van der Waals surface area (Å²) in [6, 6.07) is 7.24. The van der Waals surface area contributed by atoms with Gasteiger partial charge in [0.1, 0.15) is 11.6 Å². The molecule has 2 aromatic rings. The molecule has 0 aliphatic carbocycles. The molecule has 0 aliphatic rings. The van der Waals surface area contributed by atoms with E-state index in [1.54, 1.807) is 18.2 Å². The van der Waals surface area contributed by atoms with Gasteiger partial charge in [-0.25, -0.2) is 4.39 Å². The molecular weight excluding hydrogens is 363 g/mol. The Morgan fingerprint density at radius 2 is 2.10 bits per heavy atom. The van der Waals surface area contributed by atoms with Crippen molar-refractivity contribution in [2.45, 2.75) is 0 Å². The van der Waals surface area contributed by atoms with Crippen LogP contribution in [0, 0.1) is 5.82 Å². The molecule has 0 saturated carbocycles. The minimum Gasteiger partial charge on any atom is -0.495 e. The summed E-state index contributed by atoms with van der Waals surface area (Å²) >= 11 is 9.11. The van der Waals surface area contributed by atoms with E-state index in [9.17, 15) is 9.18 Å². The van der Waals surface area contributed by atoms with Gasteiger partial charge in [-0.15, -0.1) is 0 Å². The maximum absolute atomic E-state index is 13.3. The molecule has 0 fully saturated rings. The molecule has 0 unspecified atom stereocenters. The highest BCUT2D eigenvalue weighted by Gasteiger charge is 2.14. The van der Waals surface area contributed by atoms with Crippen LogP contribution in [0.2, 0.25) is 5.02 Å². The molecule has 0 spiro atoms. The molecule has 4 nitrogen and oxygen atoms in total. The molecule has 2 rings (SSSR count). The first-order valence-electron chi connectivity index (χ1n) is 5.81. The second-order valence-electron chi connectivity index (χ2n) is 4.16. The zero-order chi connectivity index (χ0) is 15.6. The number of nitrogens with two attached hydrogens (primary N) is 1. The molecule has 2 aromatic carbocycles. The predicted molar refractivity (Wildman–Crippen MR) is 84.5 cm³/mol. The first kappa shape index (κ1) is 15.6. The van der Waals surface area contributed by atoms with Crippen LogP contribution in [0.15, 0.2) is 34.8 Å². The van der Waals surface area contributed by atoms with Gasteiger partial charge >= 0.3 is 0 Å². The van der Waals surface area contributed by atoms with Gasteiger partial charge in [0.05, 0.1) is 23.4 Å². The average molecular weight is 374 g/mol. The largest absolute Gasteiger partial charge is 0.495 e. The van der Waals surface area contributed by atoms with Gasteiger partial charge in [0.25, 0.3) is 5.91 Å². The maximum atomic E-state index is 13.3. The number of ether oxygens (including phenoxy) is 1. The van der Waals surface area contributed by atoms with E-state index < -0.39 is 11.7 Å². The summed E-state index contributed by atoms with van der Waals surface area (Å²) in [6.45, 7) is 0. The molecule has 0 heterocycles. The van der Waals surface area contributed by atoms with Crippen LogP contribution < -0.4 is 15.8 Å². The lowest BCUT2D eigenvalue weighted by molar-refractivity contribution is 0.102. The summed E-state index contributed by atoms with van der Waals surface area (Å²) < 4.78 is 18.6. The number of carbonyl (C=O) groups is 1. The van der Waals surface area contributed by atoms with E-state index in [1.807, 2.05) is 0 Å². The van der Waals surface area contributed by atoms with E-state index in [1.165, 1.54) is 13.2 Å². The van der Waals surface area contributed by atoms with Crippen molar-refractivity contribution in [3.05, 3.63) is 51.2 Å². The van der Waals surface area contributed by atoms with Gasteiger partial charge in [-0.05, 0) is 46.3 Å². The van der Waals surface area contributed by atoms with E-state index in [0.717, 1.165) is 6.07 Å². The molecular formula is C14H11BrClFN2O2. The first-order valence-corrected chi connectivity index (χ1v) is 6.99. The number of hydrogen-bond acceptors (Lipinski definition) is 3. The van der Waals surface area contributed by atoms with Gasteiger partial charge < -0.3 is 15.8 Å². The van der Waals surface area contributed by atoms with Gasteiger partial charge in [0.15, 0.2) is 0 Å². The quantitative estimate of drug-likeness (QED) is 0.797. The fraction of sp³-hybridized carbons (Fsp3) is 0.0714. The van der Waals surface area contributed by atoms with Gasteiger partial charge in [0, 0.05) is 10.2 Å². The summed E-state index contributed by atoms with van der Waals surface area (Å²) in [5.41, 5.74) is 6.08. The van der Waals surface area contributed by atoms with E-state index in [4.69, 9.17) is 22.1 Å². The molecule has 7 heteroatoms. The van der Waals surface area contributed by atoms with Crippen LogP contribution in [-0.4, -0.2) is 13.0 Å². The highest BCUT2D eigenvalue weighted by atomic mass is 79.9. The Hall–Kier alpha value is -1.79. The van der Waals surface area contributed by atoms with Crippen LogP contribution in [0.4, 0.5) is 15.8 Å². The lowest BCUT2D eigenvalue weighted by Gasteiger charge is -2.10. The summed E-state index contributed by atoms with van der Waals surface area (Å²) in [5.74, 6) is -0.525. The summed E-state index contributed by atoms with van der Waals surface area (Å²) in [6.07, 6.45) is 0. The van der Waals surface area contributed by atoms with Gasteiger partial charge in [-0.1, -0.05) is 11.6 Å². The molecule has 1 amide bonds. The summed E-state index contributed by atoms with van der Waals surface area (Å²) in [4.78, 5) is 12.2. The zero-order valence-corrected chi connectivity index (χ0v) is 13.3. The van der Waals surface area contributed by atoms with Crippen LogP contribution in [0.25, 0.3) is 0 Å². The molecule has 0 atom stereocenters. The highest BCUT2D eigenvalue weighted by Crippen LogP contribution is 2.28. The van der Waals surface area contributed by atoms with Crippen LogP contribution >= 0.6 is 27.5 Å². The Morgan fingerprint density at radius 3 is 2.71 bits per heavy atom. The van der Waals surface area contributed by atoms with Gasteiger partial charge in [-0.2, -0.15) is 0 Å². The molecule has 0 bridgehead atoms. The molecule has 0 aliphatic heterocycles. The number of rotatable bonds is 3. The van der Waals surface area contributed by atoms with E-state index in [2.05, 4.69) is 21.2 Å². The monoisotopic (exact) mass is 372 g/mol. The van der Waals surface area contributed by atoms with Crippen molar-refractivity contribution in [3.63, 3.8) is 0 Å². The Labute approximate surface area is 134 Å². The molecule has 3 N–H and O–H groups in total. The van der Waals surface area contributed by atoms with Crippen LogP contribution in [0.5, 0.6) is 5.75 Å². The zero-order valence-electron chi connectivity index (χ0n) is 10.9. The fourth-order valence-electron chi connectivity index (χ4n) is 1.68. The van der Waals surface area contributed by atoms with Crippen molar-refractivity contribution in [2.24, 2.45) is 0 Å². The normalized spacial score (nSPS) is 10.3. The van der Waals surface area contributed by atoms with Crippen LogP contribution in [0.1, 0.15) is 10.4 Å². The number of amides is 1. The smallest absolute Gasteiger partial charge is 0.256 e. The van der Waals surface area contributed by atoms with Gasteiger partial charge in [-0.3, -0.25) is 4.79 Å². The Balaban J connectivity index is 2.26.